The summed E-state index contributed by atoms with van der Waals surface area (Å²) in [6.07, 6.45) is 0. The molecule has 0 unspecified atom stereocenters. The van der Waals surface area contributed by atoms with Crippen molar-refractivity contribution in [3.63, 3.8) is 0 Å². The molecule has 1 aliphatic rings. The van der Waals surface area contributed by atoms with E-state index in [1.807, 2.05) is 0 Å². The molecule has 0 spiro atoms. The molecule has 0 radical (unpaired) electrons. The third-order valence-electron chi connectivity index (χ3n) is 15.5. The van der Waals surface area contributed by atoms with Crippen LogP contribution in [0.1, 0.15) is 25.0 Å². The van der Waals surface area contributed by atoms with E-state index in [1.54, 1.807) is 0 Å². The highest BCUT2D eigenvalue weighted by Gasteiger charge is 2.37. The zero-order chi connectivity index (χ0) is 45.8. The van der Waals surface area contributed by atoms with E-state index in [0.717, 1.165) is 0 Å². The Bertz CT molecular complexity index is 4130. The van der Waals surface area contributed by atoms with Crippen LogP contribution < -0.4 is 0 Å². The summed E-state index contributed by atoms with van der Waals surface area (Å²) in [6.45, 7) is 4.79. The quantitative estimate of drug-likeness (QED) is 0.151. The summed E-state index contributed by atoms with van der Waals surface area (Å²) in [6, 6.07) is 90.6. The van der Waals surface area contributed by atoms with Crippen LogP contribution in [0.5, 0.6) is 0 Å². The first-order valence-electron chi connectivity index (χ1n) is 24.3. The molecule has 0 N–H and O–H groups in total. The molecule has 13 aromatic carbocycles. The van der Waals surface area contributed by atoms with Gasteiger partial charge < -0.3 is 0 Å². The van der Waals surface area contributed by atoms with E-state index in [4.69, 9.17) is 0 Å². The molecule has 69 heavy (non-hydrogen) atoms. The summed E-state index contributed by atoms with van der Waals surface area (Å²) >= 11 is 0. The minimum atomic E-state index is -0.124. The van der Waals surface area contributed by atoms with Crippen LogP contribution in [0, 0.1) is 0 Å². The first-order chi connectivity index (χ1) is 34.0. The minimum Gasteiger partial charge on any atom is -0.0622 e. The van der Waals surface area contributed by atoms with Crippen molar-refractivity contribution >= 4 is 64.6 Å². The van der Waals surface area contributed by atoms with Crippen molar-refractivity contribution in [2.24, 2.45) is 0 Å². The van der Waals surface area contributed by atoms with Crippen LogP contribution in [0.15, 0.2) is 243 Å². The number of fused-ring (bicyclic) bond motifs is 10. The highest BCUT2D eigenvalue weighted by Crippen LogP contribution is 2.55. The summed E-state index contributed by atoms with van der Waals surface area (Å²) in [5.74, 6) is 0. The van der Waals surface area contributed by atoms with E-state index in [1.165, 1.54) is 143 Å². The molecular weight excluding hydrogens is 829 g/mol. The monoisotopic (exact) mass is 874 g/mol. The standard InChI is InChI=1S/C69H46/c1-69(2)62-35-19-18-34-60(62)68-50-25-9-8-24-49(50)61(42-63(68)69)67-57-32-16-12-28-53(57)65(54-29-13-17-33-58(54)67)45-38-36-43(37-39-45)46-40-41-59(48-23-7-6-22-47(46)48)66-55-30-14-10-26-51(55)64(44-20-4-3-5-21-44)52-27-11-15-31-56(52)66/h3-42H,1-2H3. The fourth-order valence-corrected chi connectivity index (χ4v) is 12.4. The lowest BCUT2D eigenvalue weighted by molar-refractivity contribution is 0.661. The fraction of sp³-hybridized carbons (Fsp3) is 0.0435. The van der Waals surface area contributed by atoms with Crippen LogP contribution in [0.25, 0.3) is 131 Å². The molecule has 0 heteroatoms. The smallest absolute Gasteiger partial charge is 0.0159 e. The zero-order valence-electron chi connectivity index (χ0n) is 38.6. The molecule has 0 amide bonds. The van der Waals surface area contributed by atoms with Gasteiger partial charge in [-0.15, -0.1) is 0 Å². The molecule has 0 saturated heterocycles. The molecule has 0 nitrogen and oxygen atoms in total. The number of benzene rings is 13. The molecule has 14 rings (SSSR count). The summed E-state index contributed by atoms with van der Waals surface area (Å²) in [7, 11) is 0. The molecule has 0 aliphatic heterocycles. The van der Waals surface area contributed by atoms with Crippen molar-refractivity contribution in [1.82, 2.24) is 0 Å². The van der Waals surface area contributed by atoms with Crippen molar-refractivity contribution < 1.29 is 0 Å². The van der Waals surface area contributed by atoms with Gasteiger partial charge in [0.1, 0.15) is 0 Å². The first kappa shape index (κ1) is 39.6. The molecule has 0 atom stereocenters. The lowest BCUT2D eigenvalue weighted by Crippen LogP contribution is -2.15. The van der Waals surface area contributed by atoms with Gasteiger partial charge in [0.05, 0.1) is 0 Å². The summed E-state index contributed by atoms with van der Waals surface area (Å²) < 4.78 is 0. The number of rotatable bonds is 5. The maximum atomic E-state index is 2.53. The predicted molar refractivity (Wildman–Crippen MR) is 296 cm³/mol. The van der Waals surface area contributed by atoms with Crippen LogP contribution in [0.2, 0.25) is 0 Å². The minimum absolute atomic E-state index is 0.124. The van der Waals surface area contributed by atoms with Gasteiger partial charge in [0.15, 0.2) is 0 Å². The van der Waals surface area contributed by atoms with Gasteiger partial charge in [0, 0.05) is 5.41 Å². The average Bonchev–Trinajstić information content (AvgIpc) is 3.64. The van der Waals surface area contributed by atoms with Crippen LogP contribution in [0.3, 0.4) is 0 Å². The Hall–Kier alpha value is -8.58. The van der Waals surface area contributed by atoms with E-state index in [9.17, 15) is 0 Å². The Morgan fingerprint density at radius 2 is 0.536 bits per heavy atom. The molecule has 1 aliphatic carbocycles. The van der Waals surface area contributed by atoms with E-state index < -0.39 is 0 Å². The summed E-state index contributed by atoms with van der Waals surface area (Å²) in [5, 5.41) is 15.2. The molecule has 0 fully saturated rings. The highest BCUT2D eigenvalue weighted by atomic mass is 14.4. The van der Waals surface area contributed by atoms with Gasteiger partial charge in [-0.25, -0.2) is 0 Å². The van der Waals surface area contributed by atoms with Crippen molar-refractivity contribution in [3.8, 4) is 66.8 Å². The molecule has 0 aromatic heterocycles. The van der Waals surface area contributed by atoms with Gasteiger partial charge in [0.25, 0.3) is 0 Å². The summed E-state index contributed by atoms with van der Waals surface area (Å²) in [4.78, 5) is 0. The van der Waals surface area contributed by atoms with Crippen LogP contribution in [-0.4, -0.2) is 0 Å². The third kappa shape index (κ3) is 5.82. The zero-order valence-corrected chi connectivity index (χ0v) is 38.6. The Morgan fingerprint density at radius 1 is 0.203 bits per heavy atom. The van der Waals surface area contributed by atoms with Crippen LogP contribution in [-0.2, 0) is 5.41 Å². The summed E-state index contributed by atoms with van der Waals surface area (Å²) in [5.41, 5.74) is 18.0. The third-order valence-corrected chi connectivity index (χ3v) is 15.5. The van der Waals surface area contributed by atoms with E-state index in [2.05, 4.69) is 257 Å². The van der Waals surface area contributed by atoms with Crippen molar-refractivity contribution in [2.45, 2.75) is 19.3 Å². The van der Waals surface area contributed by atoms with E-state index in [0.29, 0.717) is 0 Å². The topological polar surface area (TPSA) is 0 Å². The first-order valence-corrected chi connectivity index (χ1v) is 24.3. The molecule has 0 heterocycles. The van der Waals surface area contributed by atoms with Crippen molar-refractivity contribution in [2.75, 3.05) is 0 Å². The second-order valence-electron chi connectivity index (χ2n) is 19.4. The van der Waals surface area contributed by atoms with Crippen molar-refractivity contribution in [3.05, 3.63) is 254 Å². The van der Waals surface area contributed by atoms with Gasteiger partial charge in [0.2, 0.25) is 0 Å². The van der Waals surface area contributed by atoms with E-state index >= 15 is 0 Å². The predicted octanol–water partition coefficient (Wildman–Crippen LogP) is 19.2. The second-order valence-corrected chi connectivity index (χ2v) is 19.4. The molecule has 0 saturated carbocycles. The lowest BCUT2D eigenvalue weighted by Gasteiger charge is -2.24. The SMILES string of the molecule is CC1(C)c2ccccc2-c2c1cc(-c1c3ccccc3c(-c3ccc(-c4ccc(-c5c6ccccc6c(-c6ccccc6)c6ccccc56)c5ccccc45)cc3)c3ccccc13)c1ccccc21. The molecule has 13 aromatic rings. The molecule has 322 valence electrons. The Balaban J connectivity index is 0.933. The van der Waals surface area contributed by atoms with Gasteiger partial charge >= 0.3 is 0 Å². The van der Waals surface area contributed by atoms with Crippen LogP contribution >= 0.6 is 0 Å². The fourth-order valence-electron chi connectivity index (χ4n) is 12.4. The van der Waals surface area contributed by atoms with Gasteiger partial charge in [-0.2, -0.15) is 0 Å². The Morgan fingerprint density at radius 3 is 1.04 bits per heavy atom. The molecular formula is C69H46. The van der Waals surface area contributed by atoms with Gasteiger partial charge in [-0.05, 0) is 149 Å². The van der Waals surface area contributed by atoms with Gasteiger partial charge in [-0.1, -0.05) is 250 Å². The van der Waals surface area contributed by atoms with Crippen LogP contribution in [0.4, 0.5) is 0 Å². The van der Waals surface area contributed by atoms with Crippen molar-refractivity contribution in [1.29, 1.82) is 0 Å². The highest BCUT2D eigenvalue weighted by molar-refractivity contribution is 6.26. The maximum Gasteiger partial charge on any atom is 0.0159 e. The number of hydrogen-bond donors (Lipinski definition) is 0. The normalized spacial score (nSPS) is 12.9. The number of hydrogen-bond acceptors (Lipinski definition) is 0. The lowest BCUT2D eigenvalue weighted by atomic mass is 9.79. The largest absolute Gasteiger partial charge is 0.0622 e. The molecule has 0 bridgehead atoms. The average molecular weight is 875 g/mol. The van der Waals surface area contributed by atoms with Gasteiger partial charge in [-0.3, -0.25) is 0 Å². The Kier molecular flexibility index (Phi) is 8.73. The maximum absolute atomic E-state index is 2.53. The Labute approximate surface area is 402 Å². The van der Waals surface area contributed by atoms with E-state index in [-0.39, 0.29) is 5.41 Å². The second kappa shape index (κ2) is 15.2.